The van der Waals surface area contributed by atoms with Crippen molar-refractivity contribution in [1.29, 1.82) is 0 Å². The molecule has 1 saturated heterocycles. The first-order valence-electron chi connectivity index (χ1n) is 6.89. The predicted molar refractivity (Wildman–Crippen MR) is 83.7 cm³/mol. The van der Waals surface area contributed by atoms with Gasteiger partial charge in [0.1, 0.15) is 5.01 Å². The Bertz CT molecular complexity index is 564. The van der Waals surface area contributed by atoms with E-state index in [-0.39, 0.29) is 0 Å². The van der Waals surface area contributed by atoms with Crippen LogP contribution in [0.5, 0.6) is 0 Å². The number of nitrogens with zero attached hydrogens (tertiary/aromatic N) is 2. The minimum atomic E-state index is 0.778. The maximum Gasteiger partial charge on any atom is 0.112 e. The van der Waals surface area contributed by atoms with Crippen LogP contribution in [0.15, 0.2) is 29.6 Å². The molecule has 1 aliphatic heterocycles. The minimum absolute atomic E-state index is 0.778. The van der Waals surface area contributed by atoms with E-state index in [1.54, 1.807) is 11.3 Å². The predicted octanol–water partition coefficient (Wildman–Crippen LogP) is 2.90. The third-order valence-electron chi connectivity index (χ3n) is 3.35. The van der Waals surface area contributed by atoms with Crippen molar-refractivity contribution in [3.8, 4) is 0 Å². The molecule has 0 unspecified atom stereocenters. The van der Waals surface area contributed by atoms with Gasteiger partial charge < -0.3 is 15.0 Å². The number of anilines is 2. The summed E-state index contributed by atoms with van der Waals surface area (Å²) in [5.74, 6) is 0. The Labute approximate surface area is 123 Å². The monoisotopic (exact) mass is 289 g/mol. The molecule has 0 aliphatic carbocycles. The molecule has 1 N–H and O–H groups in total. The number of aromatic nitrogens is 1. The highest BCUT2D eigenvalue weighted by molar-refractivity contribution is 7.09. The third-order valence-corrected chi connectivity index (χ3v) is 4.32. The summed E-state index contributed by atoms with van der Waals surface area (Å²) in [6.07, 6.45) is 0. The number of hydrogen-bond acceptors (Lipinski definition) is 5. The summed E-state index contributed by atoms with van der Waals surface area (Å²) in [6.45, 7) is 6.33. The van der Waals surface area contributed by atoms with Crippen LogP contribution in [0.1, 0.15) is 10.7 Å². The van der Waals surface area contributed by atoms with E-state index in [0.29, 0.717) is 0 Å². The van der Waals surface area contributed by atoms with Crippen LogP contribution in [-0.4, -0.2) is 31.3 Å². The van der Waals surface area contributed by atoms with Gasteiger partial charge in [-0.1, -0.05) is 12.1 Å². The van der Waals surface area contributed by atoms with Gasteiger partial charge in [-0.3, -0.25) is 0 Å². The van der Waals surface area contributed by atoms with Crippen molar-refractivity contribution in [1.82, 2.24) is 4.98 Å². The van der Waals surface area contributed by atoms with Crippen molar-refractivity contribution in [2.75, 3.05) is 36.5 Å². The zero-order valence-corrected chi connectivity index (χ0v) is 12.4. The van der Waals surface area contributed by atoms with Gasteiger partial charge in [0.05, 0.1) is 31.1 Å². The van der Waals surface area contributed by atoms with E-state index in [1.807, 2.05) is 6.92 Å². The zero-order valence-electron chi connectivity index (χ0n) is 11.6. The zero-order chi connectivity index (χ0) is 13.8. The van der Waals surface area contributed by atoms with E-state index in [1.165, 1.54) is 11.4 Å². The van der Waals surface area contributed by atoms with E-state index >= 15 is 0 Å². The smallest absolute Gasteiger partial charge is 0.112 e. The normalized spacial score (nSPS) is 15.3. The Morgan fingerprint density at radius 1 is 1.30 bits per heavy atom. The fraction of sp³-hybridized carbons (Fsp3) is 0.400. The van der Waals surface area contributed by atoms with Crippen molar-refractivity contribution in [2.45, 2.75) is 13.5 Å². The summed E-state index contributed by atoms with van der Waals surface area (Å²) in [4.78, 5) is 6.86. The number of hydrogen-bond donors (Lipinski definition) is 1. The van der Waals surface area contributed by atoms with Gasteiger partial charge in [-0.2, -0.15) is 0 Å². The largest absolute Gasteiger partial charge is 0.378 e. The summed E-state index contributed by atoms with van der Waals surface area (Å²) in [7, 11) is 0. The summed E-state index contributed by atoms with van der Waals surface area (Å²) in [5.41, 5.74) is 3.51. The first kappa shape index (κ1) is 13.4. The lowest BCUT2D eigenvalue weighted by Crippen LogP contribution is -2.36. The summed E-state index contributed by atoms with van der Waals surface area (Å²) in [5, 5.41) is 6.72. The van der Waals surface area contributed by atoms with Gasteiger partial charge in [0.25, 0.3) is 0 Å². The highest BCUT2D eigenvalue weighted by Crippen LogP contribution is 2.27. The molecule has 1 aromatic carbocycles. The van der Waals surface area contributed by atoms with Crippen LogP contribution < -0.4 is 10.2 Å². The molecule has 0 spiro atoms. The first-order valence-corrected chi connectivity index (χ1v) is 7.77. The molecule has 0 radical (unpaired) electrons. The van der Waals surface area contributed by atoms with Crippen LogP contribution in [0, 0.1) is 6.92 Å². The second-order valence-corrected chi connectivity index (χ2v) is 5.80. The van der Waals surface area contributed by atoms with Crippen LogP contribution in [-0.2, 0) is 11.3 Å². The van der Waals surface area contributed by atoms with E-state index < -0.39 is 0 Å². The lowest BCUT2D eigenvalue weighted by Gasteiger charge is -2.30. The molecule has 0 amide bonds. The molecule has 20 heavy (non-hydrogen) atoms. The van der Waals surface area contributed by atoms with E-state index in [9.17, 15) is 0 Å². The molecule has 3 rings (SSSR count). The molecule has 5 heteroatoms. The van der Waals surface area contributed by atoms with E-state index in [2.05, 4.69) is 44.8 Å². The van der Waals surface area contributed by atoms with Gasteiger partial charge in [0.15, 0.2) is 0 Å². The Morgan fingerprint density at radius 3 is 2.85 bits per heavy atom. The molecule has 0 bridgehead atoms. The van der Waals surface area contributed by atoms with Crippen molar-refractivity contribution in [3.63, 3.8) is 0 Å². The second kappa shape index (κ2) is 6.24. The summed E-state index contributed by atoms with van der Waals surface area (Å²) < 4.78 is 5.42. The highest BCUT2D eigenvalue weighted by Gasteiger charge is 2.14. The minimum Gasteiger partial charge on any atom is -0.378 e. The SMILES string of the molecule is Cc1csc(CNc2ccccc2N2CCOCC2)n1. The second-order valence-electron chi connectivity index (χ2n) is 4.85. The maximum absolute atomic E-state index is 5.42. The van der Waals surface area contributed by atoms with Crippen LogP contribution >= 0.6 is 11.3 Å². The van der Waals surface area contributed by atoms with Gasteiger partial charge in [0.2, 0.25) is 0 Å². The highest BCUT2D eigenvalue weighted by atomic mass is 32.1. The average Bonchev–Trinajstić information content (AvgIpc) is 2.92. The van der Waals surface area contributed by atoms with Crippen molar-refractivity contribution in [2.24, 2.45) is 0 Å². The Balaban J connectivity index is 1.72. The molecule has 2 aromatic rings. The molecule has 2 heterocycles. The van der Waals surface area contributed by atoms with Crippen LogP contribution in [0.3, 0.4) is 0 Å². The number of benzene rings is 1. The van der Waals surface area contributed by atoms with Gasteiger partial charge in [0, 0.05) is 24.2 Å². The molecule has 1 aliphatic rings. The lowest BCUT2D eigenvalue weighted by molar-refractivity contribution is 0.123. The standard InChI is InChI=1S/C15H19N3OS/c1-12-11-20-15(17-12)10-16-13-4-2-3-5-14(13)18-6-8-19-9-7-18/h2-5,11,16H,6-10H2,1H3. The van der Waals surface area contributed by atoms with Gasteiger partial charge in [-0.15, -0.1) is 11.3 Å². The Hall–Kier alpha value is -1.59. The summed E-state index contributed by atoms with van der Waals surface area (Å²) >= 11 is 1.70. The number of ether oxygens (including phenoxy) is 1. The fourth-order valence-corrected chi connectivity index (χ4v) is 3.07. The fourth-order valence-electron chi connectivity index (χ4n) is 2.36. The average molecular weight is 289 g/mol. The Kier molecular flexibility index (Phi) is 4.18. The van der Waals surface area contributed by atoms with Crippen LogP contribution in [0.4, 0.5) is 11.4 Å². The number of morpholine rings is 1. The molecular formula is C15H19N3OS. The van der Waals surface area contributed by atoms with E-state index in [4.69, 9.17) is 4.74 Å². The molecular weight excluding hydrogens is 270 g/mol. The van der Waals surface area contributed by atoms with Gasteiger partial charge >= 0.3 is 0 Å². The maximum atomic E-state index is 5.42. The van der Waals surface area contributed by atoms with Crippen LogP contribution in [0.25, 0.3) is 0 Å². The molecule has 106 valence electrons. The van der Waals surface area contributed by atoms with Crippen molar-refractivity contribution in [3.05, 3.63) is 40.3 Å². The molecule has 1 aromatic heterocycles. The third kappa shape index (κ3) is 3.11. The van der Waals surface area contributed by atoms with Crippen LogP contribution in [0.2, 0.25) is 0 Å². The molecule has 4 nitrogen and oxygen atoms in total. The Morgan fingerprint density at radius 2 is 2.10 bits per heavy atom. The number of rotatable bonds is 4. The molecule has 0 saturated carbocycles. The topological polar surface area (TPSA) is 37.4 Å². The first-order chi connectivity index (χ1) is 9.83. The lowest BCUT2D eigenvalue weighted by atomic mass is 10.2. The number of para-hydroxylation sites is 2. The summed E-state index contributed by atoms with van der Waals surface area (Å²) in [6, 6.07) is 8.45. The number of thiazole rings is 1. The molecule has 1 fully saturated rings. The van der Waals surface area contributed by atoms with Gasteiger partial charge in [-0.05, 0) is 19.1 Å². The van der Waals surface area contributed by atoms with Gasteiger partial charge in [-0.25, -0.2) is 4.98 Å². The molecule has 0 atom stereocenters. The number of nitrogens with one attached hydrogen (secondary N) is 1. The number of aryl methyl sites for hydroxylation is 1. The van der Waals surface area contributed by atoms with E-state index in [0.717, 1.165) is 43.5 Å². The van der Waals surface area contributed by atoms with Crippen molar-refractivity contribution >= 4 is 22.7 Å². The van der Waals surface area contributed by atoms with Crippen molar-refractivity contribution < 1.29 is 4.74 Å². The quantitative estimate of drug-likeness (QED) is 0.939.